The lowest BCUT2D eigenvalue weighted by atomic mass is 9.92. The fourth-order valence-corrected chi connectivity index (χ4v) is 4.08. The molecule has 1 aromatic carbocycles. The summed E-state index contributed by atoms with van der Waals surface area (Å²) < 4.78 is 47.8. The summed E-state index contributed by atoms with van der Waals surface area (Å²) in [6.45, 7) is 0. The van der Waals surface area contributed by atoms with Gasteiger partial charge in [-0.1, -0.05) is 0 Å². The van der Waals surface area contributed by atoms with E-state index in [4.69, 9.17) is 10.5 Å². The van der Waals surface area contributed by atoms with Gasteiger partial charge in [-0.05, 0) is 61.6 Å². The topological polar surface area (TPSA) is 112 Å². The molecule has 1 fully saturated rings. The standard InChI is InChI=1S/C24H24F3N5O3/c1-32-13-16(12-30-32)14-9-15(11-17(10-14)24(25,26)27)22(34)31-18-4-6-19(7-5-18)35-23-20(21(28)33)3-2-8-29-23/h2-3,8-13,18-19H,4-7H2,1H3,(H2,28,33)(H,31,34). The summed E-state index contributed by atoms with van der Waals surface area (Å²) in [5, 5.41) is 6.84. The molecule has 1 aliphatic carbocycles. The Labute approximate surface area is 199 Å². The van der Waals surface area contributed by atoms with Crippen LogP contribution in [0.2, 0.25) is 0 Å². The maximum Gasteiger partial charge on any atom is 0.416 e. The molecule has 0 aliphatic heterocycles. The minimum atomic E-state index is -4.60. The lowest BCUT2D eigenvalue weighted by Crippen LogP contribution is -2.40. The number of nitrogens with one attached hydrogen (secondary N) is 1. The third kappa shape index (κ3) is 5.79. The number of benzene rings is 1. The monoisotopic (exact) mass is 487 g/mol. The fourth-order valence-electron chi connectivity index (χ4n) is 4.08. The first-order valence-corrected chi connectivity index (χ1v) is 11.0. The molecule has 1 aliphatic rings. The Kier molecular flexibility index (Phi) is 6.77. The Morgan fingerprint density at radius 2 is 1.89 bits per heavy atom. The molecule has 3 aromatic rings. The predicted molar refractivity (Wildman–Crippen MR) is 121 cm³/mol. The first-order valence-electron chi connectivity index (χ1n) is 11.0. The van der Waals surface area contributed by atoms with Crippen LogP contribution in [0.1, 0.15) is 52.0 Å². The number of pyridine rings is 1. The molecule has 3 N–H and O–H groups in total. The molecule has 2 aromatic heterocycles. The number of hydrogen-bond acceptors (Lipinski definition) is 5. The normalized spacial score (nSPS) is 18.2. The van der Waals surface area contributed by atoms with E-state index in [1.807, 2.05) is 0 Å². The van der Waals surface area contributed by atoms with Crippen LogP contribution in [0.25, 0.3) is 11.1 Å². The van der Waals surface area contributed by atoms with Crippen molar-refractivity contribution in [2.24, 2.45) is 12.8 Å². The Morgan fingerprint density at radius 3 is 2.51 bits per heavy atom. The Balaban J connectivity index is 1.43. The molecule has 0 saturated heterocycles. The highest BCUT2D eigenvalue weighted by atomic mass is 19.4. The number of hydrogen-bond donors (Lipinski definition) is 2. The number of halogens is 3. The Hall–Kier alpha value is -3.89. The van der Waals surface area contributed by atoms with Crippen LogP contribution in [0, 0.1) is 0 Å². The van der Waals surface area contributed by atoms with Gasteiger partial charge in [0.15, 0.2) is 0 Å². The number of aromatic nitrogens is 3. The Morgan fingerprint density at radius 1 is 1.14 bits per heavy atom. The quantitative estimate of drug-likeness (QED) is 0.551. The van der Waals surface area contributed by atoms with E-state index in [0.29, 0.717) is 31.2 Å². The molecule has 0 spiro atoms. The molecule has 8 nitrogen and oxygen atoms in total. The molecular weight excluding hydrogens is 463 g/mol. The molecular formula is C24H24F3N5O3. The van der Waals surface area contributed by atoms with E-state index in [-0.39, 0.29) is 34.7 Å². The second-order valence-corrected chi connectivity index (χ2v) is 8.48. The lowest BCUT2D eigenvalue weighted by Gasteiger charge is -2.29. The summed E-state index contributed by atoms with van der Waals surface area (Å²) in [7, 11) is 1.66. The molecule has 1 saturated carbocycles. The smallest absolute Gasteiger partial charge is 0.416 e. The van der Waals surface area contributed by atoms with Crippen molar-refractivity contribution in [1.82, 2.24) is 20.1 Å². The van der Waals surface area contributed by atoms with Crippen molar-refractivity contribution in [2.75, 3.05) is 0 Å². The molecule has 0 atom stereocenters. The number of nitrogens with two attached hydrogens (primary N) is 1. The SMILES string of the molecule is Cn1cc(-c2cc(C(=O)NC3CCC(Oc4ncccc4C(N)=O)CC3)cc(C(F)(F)F)c2)cn1. The van der Waals surface area contributed by atoms with Gasteiger partial charge in [0.2, 0.25) is 5.88 Å². The van der Waals surface area contributed by atoms with Crippen LogP contribution < -0.4 is 15.8 Å². The number of amides is 2. The number of alkyl halides is 3. The fraction of sp³-hybridized carbons (Fsp3) is 0.333. The van der Waals surface area contributed by atoms with Gasteiger partial charge in [0, 0.05) is 36.6 Å². The average molecular weight is 487 g/mol. The highest BCUT2D eigenvalue weighted by Crippen LogP contribution is 2.34. The van der Waals surface area contributed by atoms with Crippen LogP contribution >= 0.6 is 0 Å². The van der Waals surface area contributed by atoms with E-state index < -0.39 is 23.6 Å². The van der Waals surface area contributed by atoms with Crippen molar-refractivity contribution >= 4 is 11.8 Å². The molecule has 0 radical (unpaired) electrons. The molecule has 4 rings (SSSR count). The van der Waals surface area contributed by atoms with Crippen molar-refractivity contribution in [2.45, 2.75) is 44.0 Å². The van der Waals surface area contributed by atoms with Crippen LogP contribution in [0.5, 0.6) is 5.88 Å². The maximum absolute atomic E-state index is 13.5. The third-order valence-electron chi connectivity index (χ3n) is 5.89. The zero-order valence-electron chi connectivity index (χ0n) is 18.9. The van der Waals surface area contributed by atoms with E-state index in [2.05, 4.69) is 15.4 Å². The van der Waals surface area contributed by atoms with Crippen molar-refractivity contribution in [1.29, 1.82) is 0 Å². The second kappa shape index (κ2) is 9.77. The second-order valence-electron chi connectivity index (χ2n) is 8.48. The molecule has 184 valence electrons. The molecule has 0 bridgehead atoms. The Bertz CT molecular complexity index is 1230. The van der Waals surface area contributed by atoms with Gasteiger partial charge in [-0.2, -0.15) is 18.3 Å². The van der Waals surface area contributed by atoms with E-state index in [9.17, 15) is 22.8 Å². The highest BCUT2D eigenvalue weighted by molar-refractivity contribution is 5.96. The summed E-state index contributed by atoms with van der Waals surface area (Å²) in [6, 6.07) is 6.20. The first kappa shape index (κ1) is 24.2. The number of primary amides is 1. The zero-order valence-corrected chi connectivity index (χ0v) is 18.9. The van der Waals surface area contributed by atoms with Crippen LogP contribution in [-0.2, 0) is 13.2 Å². The molecule has 2 amide bonds. The van der Waals surface area contributed by atoms with E-state index in [1.54, 1.807) is 19.3 Å². The van der Waals surface area contributed by atoms with Crippen molar-refractivity contribution < 1.29 is 27.5 Å². The number of nitrogens with zero attached hydrogens (tertiary/aromatic N) is 3. The van der Waals surface area contributed by atoms with Crippen LogP contribution in [0.4, 0.5) is 13.2 Å². The molecule has 2 heterocycles. The van der Waals surface area contributed by atoms with Gasteiger partial charge in [-0.3, -0.25) is 14.3 Å². The minimum absolute atomic E-state index is 0.0726. The number of rotatable bonds is 6. The van der Waals surface area contributed by atoms with Crippen molar-refractivity contribution in [3.8, 4) is 17.0 Å². The van der Waals surface area contributed by atoms with Gasteiger partial charge in [-0.15, -0.1) is 0 Å². The maximum atomic E-state index is 13.5. The van der Waals surface area contributed by atoms with E-state index in [0.717, 1.165) is 12.1 Å². The van der Waals surface area contributed by atoms with Gasteiger partial charge in [-0.25, -0.2) is 4.98 Å². The van der Waals surface area contributed by atoms with E-state index in [1.165, 1.54) is 29.2 Å². The summed E-state index contributed by atoms with van der Waals surface area (Å²) in [4.78, 5) is 28.5. The molecule has 11 heteroatoms. The van der Waals surface area contributed by atoms with Gasteiger partial charge in [0.25, 0.3) is 11.8 Å². The summed E-state index contributed by atoms with van der Waals surface area (Å²) in [6.07, 6.45) is 1.98. The predicted octanol–water partition coefficient (Wildman–Crippen LogP) is 3.72. The molecule has 35 heavy (non-hydrogen) atoms. The largest absolute Gasteiger partial charge is 0.474 e. The van der Waals surface area contributed by atoms with Crippen LogP contribution in [-0.4, -0.2) is 38.7 Å². The molecule has 0 unspecified atom stereocenters. The van der Waals surface area contributed by atoms with Crippen molar-refractivity contribution in [3.63, 3.8) is 0 Å². The van der Waals surface area contributed by atoms with Crippen molar-refractivity contribution in [3.05, 3.63) is 65.6 Å². The minimum Gasteiger partial charge on any atom is -0.474 e. The first-order chi connectivity index (χ1) is 16.6. The van der Waals surface area contributed by atoms with E-state index >= 15 is 0 Å². The van der Waals surface area contributed by atoms with Gasteiger partial charge < -0.3 is 15.8 Å². The summed E-state index contributed by atoms with van der Waals surface area (Å²) in [5.41, 5.74) is 5.32. The zero-order chi connectivity index (χ0) is 25.2. The number of ether oxygens (including phenoxy) is 1. The van der Waals surface area contributed by atoms with Crippen LogP contribution in [0.3, 0.4) is 0 Å². The van der Waals surface area contributed by atoms with Crippen LogP contribution in [0.15, 0.2) is 48.9 Å². The lowest BCUT2D eigenvalue weighted by molar-refractivity contribution is -0.137. The van der Waals surface area contributed by atoms with Gasteiger partial charge in [0.05, 0.1) is 11.8 Å². The number of carbonyl (C=O) groups excluding carboxylic acids is 2. The summed E-state index contributed by atoms with van der Waals surface area (Å²) >= 11 is 0. The number of aryl methyl sites for hydroxylation is 1. The average Bonchev–Trinajstić information content (AvgIpc) is 3.26. The highest BCUT2D eigenvalue weighted by Gasteiger charge is 2.32. The third-order valence-corrected chi connectivity index (χ3v) is 5.89. The summed E-state index contributed by atoms with van der Waals surface area (Å²) in [5.74, 6) is -1.05. The number of carbonyl (C=O) groups is 2. The van der Waals surface area contributed by atoms with Gasteiger partial charge in [0.1, 0.15) is 11.7 Å². The van der Waals surface area contributed by atoms with Gasteiger partial charge >= 0.3 is 6.18 Å².